The number of hydrogen-bond acceptors (Lipinski definition) is 1. The molecule has 0 aliphatic rings. The highest BCUT2D eigenvalue weighted by Crippen LogP contribution is 2.29. The van der Waals surface area contributed by atoms with E-state index in [0.717, 1.165) is 22.1 Å². The zero-order valence-corrected chi connectivity index (χ0v) is 14.6. The van der Waals surface area contributed by atoms with Crippen molar-refractivity contribution in [2.45, 2.75) is 19.4 Å². The van der Waals surface area contributed by atoms with Crippen LogP contribution in [0.25, 0.3) is 0 Å². The van der Waals surface area contributed by atoms with Crippen molar-refractivity contribution >= 4 is 39.1 Å². The molecule has 2 aromatic rings. The molecule has 21 heavy (non-hydrogen) atoms. The molecule has 0 spiro atoms. The van der Waals surface area contributed by atoms with E-state index in [4.69, 9.17) is 23.2 Å². The second kappa shape index (κ2) is 7.59. The van der Waals surface area contributed by atoms with Crippen LogP contribution < -0.4 is 5.32 Å². The molecule has 0 aliphatic heterocycles. The van der Waals surface area contributed by atoms with Crippen molar-refractivity contribution in [3.8, 4) is 0 Å². The molecule has 0 bridgehead atoms. The summed E-state index contributed by atoms with van der Waals surface area (Å²) in [6.07, 6.45) is 0.637. The van der Waals surface area contributed by atoms with Crippen LogP contribution in [0.2, 0.25) is 10.0 Å². The molecule has 1 atom stereocenters. The number of benzene rings is 2. The first-order chi connectivity index (χ1) is 10.0. The van der Waals surface area contributed by atoms with E-state index in [-0.39, 0.29) is 11.1 Å². The molecule has 1 N–H and O–H groups in total. The highest BCUT2D eigenvalue weighted by molar-refractivity contribution is 9.10. The molecule has 0 saturated heterocycles. The van der Waals surface area contributed by atoms with Gasteiger partial charge in [0.1, 0.15) is 5.82 Å². The Morgan fingerprint density at radius 1 is 1.14 bits per heavy atom. The summed E-state index contributed by atoms with van der Waals surface area (Å²) < 4.78 is 14.5. The fraction of sp³-hybridized carbons (Fsp3) is 0.250. The first-order valence-corrected chi connectivity index (χ1v) is 8.18. The van der Waals surface area contributed by atoms with Crippen LogP contribution in [0.1, 0.15) is 24.1 Å². The first-order valence-electron chi connectivity index (χ1n) is 6.63. The van der Waals surface area contributed by atoms with Crippen LogP contribution >= 0.6 is 39.1 Å². The summed E-state index contributed by atoms with van der Waals surface area (Å²) in [4.78, 5) is 0. The number of nitrogens with one attached hydrogen (secondary N) is 1. The van der Waals surface area contributed by atoms with Crippen molar-refractivity contribution in [3.05, 3.63) is 67.9 Å². The van der Waals surface area contributed by atoms with Gasteiger partial charge >= 0.3 is 0 Å². The molecule has 112 valence electrons. The third kappa shape index (κ3) is 4.43. The summed E-state index contributed by atoms with van der Waals surface area (Å²) in [5.74, 6) is -0.398. The maximum atomic E-state index is 13.6. The van der Waals surface area contributed by atoms with Gasteiger partial charge < -0.3 is 5.32 Å². The van der Waals surface area contributed by atoms with Crippen LogP contribution in [0.4, 0.5) is 4.39 Å². The van der Waals surface area contributed by atoms with Crippen molar-refractivity contribution in [2.75, 3.05) is 6.54 Å². The van der Waals surface area contributed by atoms with E-state index in [1.165, 1.54) is 6.07 Å². The molecular formula is C16H15BrCl2FN. The van der Waals surface area contributed by atoms with E-state index in [1.807, 2.05) is 31.2 Å². The summed E-state index contributed by atoms with van der Waals surface area (Å²) >= 11 is 15.5. The molecule has 0 aromatic heterocycles. The lowest BCUT2D eigenvalue weighted by Crippen LogP contribution is -2.23. The van der Waals surface area contributed by atoms with Gasteiger partial charge in [-0.05, 0) is 54.4 Å². The fourth-order valence-electron chi connectivity index (χ4n) is 2.22. The highest BCUT2D eigenvalue weighted by Gasteiger charge is 2.15. The Balaban J connectivity index is 2.30. The molecule has 1 nitrogen and oxygen atoms in total. The van der Waals surface area contributed by atoms with Gasteiger partial charge in [0, 0.05) is 15.5 Å². The molecule has 0 amide bonds. The van der Waals surface area contributed by atoms with Gasteiger partial charge in [-0.1, -0.05) is 52.1 Å². The van der Waals surface area contributed by atoms with Crippen molar-refractivity contribution < 1.29 is 4.39 Å². The number of rotatable bonds is 5. The normalized spacial score (nSPS) is 12.4. The van der Waals surface area contributed by atoms with Crippen LogP contribution in [0.15, 0.2) is 40.9 Å². The van der Waals surface area contributed by atoms with Crippen LogP contribution in [0.3, 0.4) is 0 Å². The Morgan fingerprint density at radius 2 is 1.86 bits per heavy atom. The monoisotopic (exact) mass is 389 g/mol. The summed E-state index contributed by atoms with van der Waals surface area (Å²) in [6.45, 7) is 2.82. The van der Waals surface area contributed by atoms with Crippen molar-refractivity contribution in [1.82, 2.24) is 5.32 Å². The van der Waals surface area contributed by atoms with Crippen LogP contribution in [-0.2, 0) is 6.42 Å². The smallest absolute Gasteiger partial charge is 0.142 e. The quantitative estimate of drug-likeness (QED) is 0.681. The van der Waals surface area contributed by atoms with Gasteiger partial charge in [-0.2, -0.15) is 0 Å². The van der Waals surface area contributed by atoms with Crippen LogP contribution in [-0.4, -0.2) is 6.54 Å². The predicted octanol–water partition coefficient (Wildman–Crippen LogP) is 5.79. The Kier molecular flexibility index (Phi) is 6.06. The SMILES string of the molecule is CCNC(Cc1ccc(Cl)c(F)c1)c1cc(Br)ccc1Cl. The van der Waals surface area contributed by atoms with Crippen molar-refractivity contribution in [2.24, 2.45) is 0 Å². The molecule has 0 heterocycles. The standard InChI is InChI=1S/C16H15BrCl2FN/c1-2-21-16(12-9-11(17)4-6-13(12)18)8-10-3-5-14(19)15(20)7-10/h3-7,9,16,21H,2,8H2,1H3. The lowest BCUT2D eigenvalue weighted by Gasteiger charge is -2.20. The minimum Gasteiger partial charge on any atom is -0.310 e. The number of likely N-dealkylation sites (N-methyl/N-ethyl adjacent to an activating group) is 1. The Hall–Kier alpha value is -0.610. The molecule has 5 heteroatoms. The highest BCUT2D eigenvalue weighted by atomic mass is 79.9. The predicted molar refractivity (Wildman–Crippen MR) is 90.7 cm³/mol. The average molecular weight is 391 g/mol. The maximum absolute atomic E-state index is 13.6. The Labute approximate surface area is 142 Å². The Bertz CT molecular complexity index is 634. The minimum absolute atomic E-state index is 0.0144. The lowest BCUT2D eigenvalue weighted by atomic mass is 9.98. The third-order valence-corrected chi connectivity index (χ3v) is 4.35. The largest absolute Gasteiger partial charge is 0.310 e. The molecule has 0 saturated carbocycles. The topological polar surface area (TPSA) is 12.0 Å². The van der Waals surface area contributed by atoms with Crippen molar-refractivity contribution in [1.29, 1.82) is 0 Å². The maximum Gasteiger partial charge on any atom is 0.142 e. The fourth-order valence-corrected chi connectivity index (χ4v) is 2.97. The molecule has 0 fully saturated rings. The van der Waals surface area contributed by atoms with E-state index in [0.29, 0.717) is 11.4 Å². The van der Waals surface area contributed by atoms with E-state index in [1.54, 1.807) is 6.07 Å². The third-order valence-electron chi connectivity index (χ3n) is 3.21. The zero-order chi connectivity index (χ0) is 15.4. The van der Waals surface area contributed by atoms with Gasteiger partial charge in [0.15, 0.2) is 0 Å². The second-order valence-electron chi connectivity index (χ2n) is 4.73. The average Bonchev–Trinajstić information content (AvgIpc) is 2.45. The van der Waals surface area contributed by atoms with E-state index >= 15 is 0 Å². The van der Waals surface area contributed by atoms with Crippen LogP contribution in [0.5, 0.6) is 0 Å². The molecular weight excluding hydrogens is 376 g/mol. The minimum atomic E-state index is -0.398. The van der Waals surface area contributed by atoms with E-state index < -0.39 is 5.82 Å². The van der Waals surface area contributed by atoms with Crippen LogP contribution in [0, 0.1) is 5.82 Å². The second-order valence-corrected chi connectivity index (χ2v) is 6.46. The summed E-state index contributed by atoms with van der Waals surface area (Å²) in [5.41, 5.74) is 1.86. The van der Waals surface area contributed by atoms with Gasteiger partial charge in [-0.25, -0.2) is 4.39 Å². The van der Waals surface area contributed by atoms with Crippen molar-refractivity contribution in [3.63, 3.8) is 0 Å². The summed E-state index contributed by atoms with van der Waals surface area (Å²) in [6, 6.07) is 10.6. The number of halogens is 4. The summed E-state index contributed by atoms with van der Waals surface area (Å²) in [5, 5.41) is 4.22. The number of hydrogen-bond donors (Lipinski definition) is 1. The van der Waals surface area contributed by atoms with E-state index in [2.05, 4.69) is 21.2 Å². The first kappa shape index (κ1) is 16.8. The van der Waals surface area contributed by atoms with E-state index in [9.17, 15) is 4.39 Å². The van der Waals surface area contributed by atoms with Gasteiger partial charge in [0.2, 0.25) is 0 Å². The molecule has 0 radical (unpaired) electrons. The van der Waals surface area contributed by atoms with Gasteiger partial charge in [-0.3, -0.25) is 0 Å². The molecule has 1 unspecified atom stereocenters. The van der Waals surface area contributed by atoms with Gasteiger partial charge in [-0.15, -0.1) is 0 Å². The van der Waals surface area contributed by atoms with Gasteiger partial charge in [0.25, 0.3) is 0 Å². The lowest BCUT2D eigenvalue weighted by molar-refractivity contribution is 0.546. The summed E-state index contributed by atoms with van der Waals surface area (Å²) in [7, 11) is 0. The Morgan fingerprint density at radius 3 is 2.52 bits per heavy atom. The van der Waals surface area contributed by atoms with Gasteiger partial charge in [0.05, 0.1) is 5.02 Å². The molecule has 2 aromatic carbocycles. The zero-order valence-electron chi connectivity index (χ0n) is 11.5. The molecule has 0 aliphatic carbocycles. The molecule has 2 rings (SSSR count).